The van der Waals surface area contributed by atoms with E-state index < -0.39 is 0 Å². The van der Waals surface area contributed by atoms with Crippen molar-refractivity contribution in [1.82, 2.24) is 4.98 Å². The molecule has 1 heteroatoms. The lowest BCUT2D eigenvalue weighted by Gasteiger charge is -2.20. The zero-order valence-electron chi connectivity index (χ0n) is 8.29. The van der Waals surface area contributed by atoms with Gasteiger partial charge in [-0.3, -0.25) is 4.98 Å². The summed E-state index contributed by atoms with van der Waals surface area (Å²) < 4.78 is 0. The van der Waals surface area contributed by atoms with E-state index in [1.165, 1.54) is 43.4 Å². The highest BCUT2D eigenvalue weighted by Gasteiger charge is 2.16. The van der Waals surface area contributed by atoms with Crippen LogP contribution in [-0.4, -0.2) is 4.98 Å². The molecule has 70 valence electrons. The molecule has 2 rings (SSSR count). The Morgan fingerprint density at radius 3 is 2.69 bits per heavy atom. The molecule has 1 fully saturated rings. The Kier molecular flexibility index (Phi) is 2.62. The third-order valence-electron chi connectivity index (χ3n) is 2.96. The topological polar surface area (TPSA) is 12.9 Å². The minimum Gasteiger partial charge on any atom is -0.261 e. The van der Waals surface area contributed by atoms with E-state index in [1.54, 1.807) is 0 Å². The predicted molar refractivity (Wildman–Crippen MR) is 54.8 cm³/mol. The summed E-state index contributed by atoms with van der Waals surface area (Å²) >= 11 is 0. The maximum atomic E-state index is 4.46. The predicted octanol–water partition coefficient (Wildman–Crippen LogP) is 3.44. The van der Waals surface area contributed by atoms with Gasteiger partial charge >= 0.3 is 0 Å². The minimum absolute atomic E-state index is 0.744. The van der Waals surface area contributed by atoms with Gasteiger partial charge in [0.05, 0.1) is 0 Å². The lowest BCUT2D eigenvalue weighted by atomic mass is 9.86. The van der Waals surface area contributed by atoms with Gasteiger partial charge in [0.1, 0.15) is 0 Å². The molecule has 0 amide bonds. The highest BCUT2D eigenvalue weighted by molar-refractivity contribution is 5.17. The molecule has 0 bridgehead atoms. The van der Waals surface area contributed by atoms with Gasteiger partial charge in [-0.15, -0.1) is 0 Å². The molecule has 13 heavy (non-hydrogen) atoms. The highest BCUT2D eigenvalue weighted by atomic mass is 14.7. The second-order valence-electron chi connectivity index (χ2n) is 4.09. The van der Waals surface area contributed by atoms with Crippen molar-refractivity contribution >= 4 is 0 Å². The average molecular weight is 175 g/mol. The van der Waals surface area contributed by atoms with Crippen LogP contribution in [0.1, 0.15) is 49.3 Å². The first-order valence-electron chi connectivity index (χ1n) is 5.29. The van der Waals surface area contributed by atoms with Crippen molar-refractivity contribution < 1.29 is 0 Å². The van der Waals surface area contributed by atoms with Crippen LogP contribution in [0, 0.1) is 6.92 Å². The summed E-state index contributed by atoms with van der Waals surface area (Å²) in [6.45, 7) is 2.15. The van der Waals surface area contributed by atoms with E-state index in [4.69, 9.17) is 0 Å². The number of hydrogen-bond acceptors (Lipinski definition) is 1. The van der Waals surface area contributed by atoms with E-state index in [2.05, 4.69) is 24.0 Å². The van der Waals surface area contributed by atoms with E-state index in [-0.39, 0.29) is 0 Å². The largest absolute Gasteiger partial charge is 0.261 e. The van der Waals surface area contributed by atoms with Crippen molar-refractivity contribution in [3.63, 3.8) is 0 Å². The first-order valence-corrected chi connectivity index (χ1v) is 5.29. The summed E-state index contributed by atoms with van der Waals surface area (Å²) in [5.74, 6) is 0.744. The Morgan fingerprint density at radius 2 is 2.00 bits per heavy atom. The van der Waals surface area contributed by atoms with Gasteiger partial charge < -0.3 is 0 Å². The summed E-state index contributed by atoms with van der Waals surface area (Å²) in [6.07, 6.45) is 8.83. The Labute approximate surface area is 80.2 Å². The zero-order valence-corrected chi connectivity index (χ0v) is 8.29. The maximum Gasteiger partial charge on any atom is 0.0437 e. The maximum absolute atomic E-state index is 4.46. The number of hydrogen-bond donors (Lipinski definition) is 0. The third-order valence-corrected chi connectivity index (χ3v) is 2.96. The standard InChI is InChI=1S/C12H17N/c1-10-7-8-13-12(9-10)11-5-3-2-4-6-11/h7-9,11H,2-6H2,1H3. The fourth-order valence-corrected chi connectivity index (χ4v) is 2.18. The Bertz CT molecular complexity index is 274. The van der Waals surface area contributed by atoms with Gasteiger partial charge in [0.2, 0.25) is 0 Å². The van der Waals surface area contributed by atoms with Crippen molar-refractivity contribution in [3.05, 3.63) is 29.6 Å². The van der Waals surface area contributed by atoms with Crippen LogP contribution in [0.5, 0.6) is 0 Å². The van der Waals surface area contributed by atoms with Crippen molar-refractivity contribution in [1.29, 1.82) is 0 Å². The third kappa shape index (κ3) is 2.09. The average Bonchev–Trinajstić information content (AvgIpc) is 2.19. The van der Waals surface area contributed by atoms with E-state index in [9.17, 15) is 0 Å². The molecule has 1 aliphatic rings. The Hall–Kier alpha value is -0.850. The number of rotatable bonds is 1. The van der Waals surface area contributed by atoms with Crippen LogP contribution in [-0.2, 0) is 0 Å². The second kappa shape index (κ2) is 3.91. The van der Waals surface area contributed by atoms with E-state index in [1.807, 2.05) is 6.20 Å². The molecule has 0 spiro atoms. The van der Waals surface area contributed by atoms with Gasteiger partial charge in [0.15, 0.2) is 0 Å². The van der Waals surface area contributed by atoms with Crippen LogP contribution in [0.2, 0.25) is 0 Å². The zero-order chi connectivity index (χ0) is 9.10. The van der Waals surface area contributed by atoms with Crippen LogP contribution in [0.4, 0.5) is 0 Å². The minimum atomic E-state index is 0.744. The van der Waals surface area contributed by atoms with Gasteiger partial charge in [-0.25, -0.2) is 0 Å². The van der Waals surface area contributed by atoms with Crippen LogP contribution in [0.15, 0.2) is 18.3 Å². The van der Waals surface area contributed by atoms with Crippen LogP contribution in [0.25, 0.3) is 0 Å². The lowest BCUT2D eigenvalue weighted by molar-refractivity contribution is 0.436. The second-order valence-corrected chi connectivity index (χ2v) is 4.09. The molecule has 0 saturated heterocycles. The molecule has 0 unspecified atom stereocenters. The first kappa shape index (κ1) is 8.74. The van der Waals surface area contributed by atoms with Crippen LogP contribution < -0.4 is 0 Å². The van der Waals surface area contributed by atoms with Crippen molar-refractivity contribution in [2.75, 3.05) is 0 Å². The van der Waals surface area contributed by atoms with Gasteiger partial charge in [-0.1, -0.05) is 19.3 Å². The summed E-state index contributed by atoms with van der Waals surface area (Å²) in [4.78, 5) is 4.46. The summed E-state index contributed by atoms with van der Waals surface area (Å²) in [7, 11) is 0. The monoisotopic (exact) mass is 175 g/mol. The quantitative estimate of drug-likeness (QED) is 0.637. The summed E-state index contributed by atoms with van der Waals surface area (Å²) in [5, 5.41) is 0. The molecule has 1 nitrogen and oxygen atoms in total. The fourth-order valence-electron chi connectivity index (χ4n) is 2.18. The molecule has 1 aromatic rings. The number of pyridine rings is 1. The van der Waals surface area contributed by atoms with E-state index in [0.717, 1.165) is 5.92 Å². The lowest BCUT2D eigenvalue weighted by Crippen LogP contribution is -2.06. The molecule has 1 aliphatic carbocycles. The molecule has 1 aromatic heterocycles. The van der Waals surface area contributed by atoms with Gasteiger partial charge in [0.25, 0.3) is 0 Å². The number of nitrogens with zero attached hydrogens (tertiary/aromatic N) is 1. The summed E-state index contributed by atoms with van der Waals surface area (Å²) in [5.41, 5.74) is 2.66. The van der Waals surface area contributed by atoms with E-state index in [0.29, 0.717) is 0 Å². The van der Waals surface area contributed by atoms with Gasteiger partial charge in [-0.2, -0.15) is 0 Å². The Morgan fingerprint density at radius 1 is 1.23 bits per heavy atom. The van der Waals surface area contributed by atoms with Gasteiger partial charge in [0, 0.05) is 17.8 Å². The molecule has 1 saturated carbocycles. The molecular formula is C12H17N. The highest BCUT2D eigenvalue weighted by Crippen LogP contribution is 2.31. The SMILES string of the molecule is Cc1ccnc(C2CCCCC2)c1. The van der Waals surface area contributed by atoms with E-state index >= 15 is 0 Å². The molecule has 1 heterocycles. The van der Waals surface area contributed by atoms with Crippen LogP contribution >= 0.6 is 0 Å². The molecule has 0 N–H and O–H groups in total. The van der Waals surface area contributed by atoms with Crippen LogP contribution in [0.3, 0.4) is 0 Å². The summed E-state index contributed by atoms with van der Waals surface area (Å²) in [6, 6.07) is 4.32. The van der Waals surface area contributed by atoms with Crippen molar-refractivity contribution in [2.45, 2.75) is 44.9 Å². The molecule has 0 aromatic carbocycles. The van der Waals surface area contributed by atoms with Crippen molar-refractivity contribution in [2.24, 2.45) is 0 Å². The smallest absolute Gasteiger partial charge is 0.0437 e. The Balaban J connectivity index is 2.14. The normalized spacial score (nSPS) is 18.8. The number of aromatic nitrogens is 1. The first-order chi connectivity index (χ1) is 6.36. The molecule has 0 radical (unpaired) electrons. The molecular weight excluding hydrogens is 158 g/mol. The van der Waals surface area contributed by atoms with Crippen molar-refractivity contribution in [3.8, 4) is 0 Å². The fraction of sp³-hybridized carbons (Fsp3) is 0.583. The number of aryl methyl sites for hydroxylation is 1. The molecule has 0 atom stereocenters. The van der Waals surface area contributed by atoms with Gasteiger partial charge in [-0.05, 0) is 37.5 Å². The molecule has 0 aliphatic heterocycles.